The van der Waals surface area contributed by atoms with Crippen LogP contribution >= 0.6 is 11.8 Å². The first kappa shape index (κ1) is 19.0. The Bertz CT molecular complexity index is 731. The van der Waals surface area contributed by atoms with Crippen molar-refractivity contribution in [3.05, 3.63) is 30.3 Å². The Labute approximate surface area is 160 Å². The van der Waals surface area contributed by atoms with Crippen LogP contribution in [0.4, 0.5) is 0 Å². The number of thioether (sulfide) groups is 1. The fourth-order valence-electron chi connectivity index (χ4n) is 3.50. The maximum absolute atomic E-state index is 12.6. The van der Waals surface area contributed by atoms with Gasteiger partial charge >= 0.3 is 0 Å². The van der Waals surface area contributed by atoms with Crippen LogP contribution in [0.15, 0.2) is 35.5 Å². The van der Waals surface area contributed by atoms with Crippen LogP contribution in [-0.2, 0) is 11.3 Å². The molecule has 5 nitrogen and oxygen atoms in total. The molecule has 0 aliphatic heterocycles. The molecule has 0 spiro atoms. The second kappa shape index (κ2) is 8.71. The minimum absolute atomic E-state index is 0.0978. The van der Waals surface area contributed by atoms with Crippen LogP contribution in [0.3, 0.4) is 0 Å². The van der Waals surface area contributed by atoms with Gasteiger partial charge in [-0.25, -0.2) is 0 Å². The molecule has 1 saturated carbocycles. The van der Waals surface area contributed by atoms with E-state index < -0.39 is 0 Å². The minimum atomic E-state index is -0.192. The van der Waals surface area contributed by atoms with Gasteiger partial charge in [0.25, 0.3) is 0 Å². The largest absolute Gasteiger partial charge is 0.352 e. The number of rotatable bonds is 6. The van der Waals surface area contributed by atoms with Crippen LogP contribution in [0.5, 0.6) is 0 Å². The average Bonchev–Trinajstić information content (AvgIpc) is 3.06. The highest BCUT2D eigenvalue weighted by Gasteiger charge is 2.26. The van der Waals surface area contributed by atoms with E-state index in [1.807, 2.05) is 37.3 Å². The van der Waals surface area contributed by atoms with Gasteiger partial charge in [-0.05, 0) is 32.6 Å². The summed E-state index contributed by atoms with van der Waals surface area (Å²) < 4.78 is 2.08. The number of amides is 1. The van der Waals surface area contributed by atoms with Crippen molar-refractivity contribution in [3.8, 4) is 11.4 Å². The Morgan fingerprint density at radius 3 is 2.69 bits per heavy atom. The molecular weight excluding hydrogens is 344 g/mol. The van der Waals surface area contributed by atoms with Gasteiger partial charge in [-0.15, -0.1) is 10.2 Å². The highest BCUT2D eigenvalue weighted by Crippen LogP contribution is 2.28. The zero-order chi connectivity index (χ0) is 18.5. The third-order valence-corrected chi connectivity index (χ3v) is 6.24. The first-order chi connectivity index (χ1) is 12.6. The second-order valence-electron chi connectivity index (χ2n) is 7.05. The number of benzene rings is 1. The molecule has 2 aromatic rings. The van der Waals surface area contributed by atoms with Gasteiger partial charge in [-0.2, -0.15) is 0 Å². The Morgan fingerprint density at radius 1 is 1.27 bits per heavy atom. The maximum Gasteiger partial charge on any atom is 0.233 e. The summed E-state index contributed by atoms with van der Waals surface area (Å²) in [6.45, 7) is 7.04. The molecule has 26 heavy (non-hydrogen) atoms. The van der Waals surface area contributed by atoms with Gasteiger partial charge in [0.05, 0.1) is 5.25 Å². The number of carbonyl (C=O) groups excluding carboxylic acids is 1. The molecule has 1 aliphatic carbocycles. The van der Waals surface area contributed by atoms with Crippen molar-refractivity contribution in [1.82, 2.24) is 20.1 Å². The van der Waals surface area contributed by atoms with Crippen LogP contribution in [0, 0.1) is 5.92 Å². The third-order valence-electron chi connectivity index (χ3n) is 5.16. The lowest BCUT2D eigenvalue weighted by molar-refractivity contribution is -0.121. The summed E-state index contributed by atoms with van der Waals surface area (Å²) in [6.07, 6.45) is 4.78. The number of hydrogen-bond acceptors (Lipinski definition) is 4. The van der Waals surface area contributed by atoms with Gasteiger partial charge in [0, 0.05) is 18.2 Å². The van der Waals surface area contributed by atoms with E-state index >= 15 is 0 Å². The van der Waals surface area contributed by atoms with Gasteiger partial charge in [0.1, 0.15) is 0 Å². The Morgan fingerprint density at radius 2 is 2.00 bits per heavy atom. The van der Waals surface area contributed by atoms with E-state index in [0.29, 0.717) is 12.0 Å². The van der Waals surface area contributed by atoms with Crippen LogP contribution in [0.2, 0.25) is 0 Å². The molecule has 140 valence electrons. The zero-order valence-corrected chi connectivity index (χ0v) is 16.6. The Balaban J connectivity index is 1.68. The standard InChI is InChI=1S/C20H28N4OS/c1-4-24-18(16-11-6-5-7-12-16)22-23-20(24)26-15(3)19(25)21-17-13-9-8-10-14(17)2/h5-7,11-12,14-15,17H,4,8-10,13H2,1-3H3,(H,21,25). The average molecular weight is 373 g/mol. The van der Waals surface area contributed by atoms with Gasteiger partial charge in [0.2, 0.25) is 5.91 Å². The molecule has 1 aromatic heterocycles. The number of nitrogens with one attached hydrogen (secondary N) is 1. The molecule has 1 aromatic carbocycles. The normalized spacial score (nSPS) is 21.3. The topological polar surface area (TPSA) is 59.8 Å². The van der Waals surface area contributed by atoms with Gasteiger partial charge < -0.3 is 9.88 Å². The Kier molecular flexibility index (Phi) is 6.35. The smallest absolute Gasteiger partial charge is 0.233 e. The lowest BCUT2D eigenvalue weighted by Crippen LogP contribution is -2.44. The summed E-state index contributed by atoms with van der Waals surface area (Å²) in [5.41, 5.74) is 1.04. The highest BCUT2D eigenvalue weighted by atomic mass is 32.2. The third kappa shape index (κ3) is 4.29. The molecule has 0 bridgehead atoms. The molecule has 6 heteroatoms. The first-order valence-corrected chi connectivity index (χ1v) is 10.4. The molecule has 1 aliphatic rings. The number of nitrogens with zero attached hydrogens (tertiary/aromatic N) is 3. The molecule has 3 rings (SSSR count). The summed E-state index contributed by atoms with van der Waals surface area (Å²) in [4.78, 5) is 12.6. The summed E-state index contributed by atoms with van der Waals surface area (Å²) in [7, 11) is 0. The second-order valence-corrected chi connectivity index (χ2v) is 8.36. The van der Waals surface area contributed by atoms with Crippen molar-refractivity contribution in [3.63, 3.8) is 0 Å². The van der Waals surface area contributed by atoms with E-state index in [1.54, 1.807) is 0 Å². The predicted octanol–water partition coefficient (Wildman–Crippen LogP) is 4.14. The Hall–Kier alpha value is -1.82. The van der Waals surface area contributed by atoms with Crippen molar-refractivity contribution < 1.29 is 4.79 Å². The van der Waals surface area contributed by atoms with Gasteiger partial charge in [-0.3, -0.25) is 4.79 Å². The van der Waals surface area contributed by atoms with Crippen LogP contribution in [0.1, 0.15) is 46.5 Å². The van der Waals surface area contributed by atoms with Crippen molar-refractivity contribution >= 4 is 17.7 Å². The fourth-order valence-corrected chi connectivity index (χ4v) is 4.43. The fraction of sp³-hybridized carbons (Fsp3) is 0.550. The van der Waals surface area contributed by atoms with Gasteiger partial charge in [0.15, 0.2) is 11.0 Å². The maximum atomic E-state index is 12.6. The lowest BCUT2D eigenvalue weighted by Gasteiger charge is -2.30. The van der Waals surface area contributed by atoms with Gasteiger partial charge in [-0.1, -0.05) is 61.9 Å². The number of carbonyl (C=O) groups is 1. The quantitative estimate of drug-likeness (QED) is 0.774. The summed E-state index contributed by atoms with van der Waals surface area (Å²) in [6, 6.07) is 10.4. The summed E-state index contributed by atoms with van der Waals surface area (Å²) >= 11 is 1.49. The summed E-state index contributed by atoms with van der Waals surface area (Å²) in [5, 5.41) is 12.6. The van der Waals surface area contributed by atoms with Crippen molar-refractivity contribution in [1.29, 1.82) is 0 Å². The molecule has 3 unspecified atom stereocenters. The lowest BCUT2D eigenvalue weighted by atomic mass is 9.86. The molecule has 3 atom stereocenters. The predicted molar refractivity (Wildman–Crippen MR) is 106 cm³/mol. The number of hydrogen-bond donors (Lipinski definition) is 1. The van der Waals surface area contributed by atoms with E-state index in [-0.39, 0.29) is 11.2 Å². The molecule has 1 fully saturated rings. The van der Waals surface area contributed by atoms with Crippen molar-refractivity contribution in [2.45, 2.75) is 69.4 Å². The van der Waals surface area contributed by atoms with E-state index in [1.165, 1.54) is 31.0 Å². The van der Waals surface area contributed by atoms with Crippen LogP contribution < -0.4 is 5.32 Å². The van der Waals surface area contributed by atoms with Crippen molar-refractivity contribution in [2.75, 3.05) is 0 Å². The SMILES string of the molecule is CCn1c(SC(C)C(=O)NC2CCCCC2C)nnc1-c1ccccc1. The molecule has 1 amide bonds. The molecule has 1 N–H and O–H groups in total. The van der Waals surface area contributed by atoms with E-state index in [9.17, 15) is 4.79 Å². The molecule has 1 heterocycles. The van der Waals surface area contributed by atoms with E-state index in [0.717, 1.165) is 29.5 Å². The minimum Gasteiger partial charge on any atom is -0.352 e. The summed E-state index contributed by atoms with van der Waals surface area (Å²) in [5.74, 6) is 1.51. The monoisotopic (exact) mass is 372 g/mol. The zero-order valence-electron chi connectivity index (χ0n) is 15.8. The van der Waals surface area contributed by atoms with Crippen molar-refractivity contribution in [2.24, 2.45) is 5.92 Å². The molecule has 0 radical (unpaired) electrons. The first-order valence-electron chi connectivity index (χ1n) is 9.55. The van der Waals surface area contributed by atoms with E-state index in [4.69, 9.17) is 0 Å². The van der Waals surface area contributed by atoms with Crippen LogP contribution in [-0.4, -0.2) is 32.0 Å². The van der Waals surface area contributed by atoms with Crippen LogP contribution in [0.25, 0.3) is 11.4 Å². The molecule has 0 saturated heterocycles. The van der Waals surface area contributed by atoms with E-state index in [2.05, 4.69) is 33.9 Å². The molecular formula is C20H28N4OS. The number of aromatic nitrogens is 3. The highest BCUT2D eigenvalue weighted by molar-refractivity contribution is 8.00.